The summed E-state index contributed by atoms with van der Waals surface area (Å²) in [5, 5.41) is 8.23. The summed E-state index contributed by atoms with van der Waals surface area (Å²) < 4.78 is 0. The van der Waals surface area contributed by atoms with Crippen LogP contribution in [0.15, 0.2) is 24.5 Å². The van der Waals surface area contributed by atoms with Crippen LogP contribution in [0, 0.1) is 5.92 Å². The van der Waals surface area contributed by atoms with Crippen molar-refractivity contribution in [1.29, 1.82) is 0 Å². The Hall–Kier alpha value is -1.29. The summed E-state index contributed by atoms with van der Waals surface area (Å²) in [6.07, 6.45) is 3.75. The predicted octanol–water partition coefficient (Wildman–Crippen LogP) is 1.07. The molecule has 1 aromatic rings. The van der Waals surface area contributed by atoms with Gasteiger partial charge in [0.25, 0.3) is 0 Å². The van der Waals surface area contributed by atoms with Gasteiger partial charge in [0, 0.05) is 12.4 Å². The summed E-state index contributed by atoms with van der Waals surface area (Å²) in [6.45, 7) is 3.55. The van der Waals surface area contributed by atoms with E-state index in [1.54, 1.807) is 13.8 Å². The van der Waals surface area contributed by atoms with Crippen LogP contribution in [-0.4, -0.2) is 22.1 Å². The van der Waals surface area contributed by atoms with Crippen LogP contribution in [0.3, 0.4) is 0 Å². The van der Waals surface area contributed by atoms with Crippen LogP contribution in [0.25, 0.3) is 0 Å². The van der Waals surface area contributed by atoms with E-state index in [1.807, 2.05) is 24.5 Å². The Bertz CT molecular complexity index is 202. The zero-order valence-electron chi connectivity index (χ0n) is 7.90. The van der Waals surface area contributed by atoms with Crippen LogP contribution in [0.1, 0.15) is 13.8 Å². The lowest BCUT2D eigenvalue weighted by molar-refractivity contribution is -0.139. The lowest BCUT2D eigenvalue weighted by Crippen LogP contribution is -2.34. The standard InChI is InChI=1S/C5H11NO2.C4H5N/c1-3(2)4(6)5(7)8;1-2-4-5-3-1/h3-4H,6H2,1-2H3,(H,7,8);1-5H. The molecule has 0 amide bonds. The first-order valence-electron chi connectivity index (χ1n) is 4.12. The fraction of sp³-hybridized carbons (Fsp3) is 0.444. The van der Waals surface area contributed by atoms with E-state index in [0.29, 0.717) is 0 Å². The molecule has 1 rings (SSSR count). The highest BCUT2D eigenvalue weighted by atomic mass is 16.4. The molecule has 4 N–H and O–H groups in total. The molecule has 0 spiro atoms. The first kappa shape index (κ1) is 11.7. The Morgan fingerprint density at radius 3 is 1.92 bits per heavy atom. The molecule has 13 heavy (non-hydrogen) atoms. The molecule has 4 heteroatoms. The average molecular weight is 184 g/mol. The van der Waals surface area contributed by atoms with Crippen molar-refractivity contribution < 1.29 is 9.90 Å². The Morgan fingerprint density at radius 2 is 1.85 bits per heavy atom. The summed E-state index contributed by atoms with van der Waals surface area (Å²) in [5.74, 6) is -0.910. The van der Waals surface area contributed by atoms with Crippen molar-refractivity contribution in [3.05, 3.63) is 24.5 Å². The van der Waals surface area contributed by atoms with Crippen LogP contribution in [0.5, 0.6) is 0 Å². The number of rotatable bonds is 2. The lowest BCUT2D eigenvalue weighted by atomic mass is 10.1. The quantitative estimate of drug-likeness (QED) is 0.643. The van der Waals surface area contributed by atoms with Crippen LogP contribution in [-0.2, 0) is 4.79 Å². The van der Waals surface area contributed by atoms with Gasteiger partial charge in [-0.05, 0) is 18.1 Å². The summed E-state index contributed by atoms with van der Waals surface area (Å²) in [7, 11) is 0. The number of H-pyrrole nitrogens is 1. The third-order valence-corrected chi connectivity index (χ3v) is 1.50. The van der Waals surface area contributed by atoms with E-state index in [-0.39, 0.29) is 5.92 Å². The molecule has 1 atom stereocenters. The molecular formula is C9H16N2O2. The summed E-state index contributed by atoms with van der Waals surface area (Å²) in [6, 6.07) is 3.18. The van der Waals surface area contributed by atoms with Crippen molar-refractivity contribution >= 4 is 5.97 Å². The van der Waals surface area contributed by atoms with Gasteiger partial charge in [-0.2, -0.15) is 0 Å². The number of aromatic nitrogens is 1. The van der Waals surface area contributed by atoms with E-state index in [1.165, 1.54) is 0 Å². The summed E-state index contributed by atoms with van der Waals surface area (Å²) in [5.41, 5.74) is 5.16. The second kappa shape index (κ2) is 6.25. The monoisotopic (exact) mass is 184 g/mol. The minimum absolute atomic E-state index is 0.0208. The number of hydrogen-bond donors (Lipinski definition) is 3. The first-order valence-corrected chi connectivity index (χ1v) is 4.12. The van der Waals surface area contributed by atoms with Crippen molar-refractivity contribution in [2.45, 2.75) is 19.9 Å². The van der Waals surface area contributed by atoms with Gasteiger partial charge >= 0.3 is 5.97 Å². The highest BCUT2D eigenvalue weighted by Gasteiger charge is 2.14. The second-order valence-corrected chi connectivity index (χ2v) is 2.99. The molecule has 0 radical (unpaired) electrons. The molecule has 0 saturated heterocycles. The fourth-order valence-corrected chi connectivity index (χ4v) is 0.563. The normalized spacial score (nSPS) is 11.7. The van der Waals surface area contributed by atoms with Crippen molar-refractivity contribution in [3.63, 3.8) is 0 Å². The minimum Gasteiger partial charge on any atom is -0.480 e. The number of nitrogens with one attached hydrogen (secondary N) is 1. The molecule has 74 valence electrons. The van der Waals surface area contributed by atoms with Crippen molar-refractivity contribution in [1.82, 2.24) is 4.98 Å². The number of aliphatic carboxylic acids is 1. The maximum atomic E-state index is 10.0. The highest BCUT2D eigenvalue weighted by molar-refractivity contribution is 5.73. The van der Waals surface area contributed by atoms with E-state index in [0.717, 1.165) is 0 Å². The Morgan fingerprint density at radius 1 is 1.38 bits per heavy atom. The number of hydrogen-bond acceptors (Lipinski definition) is 2. The maximum absolute atomic E-state index is 10.0. The number of carboxylic acids is 1. The van der Waals surface area contributed by atoms with Gasteiger partial charge < -0.3 is 15.8 Å². The molecule has 0 bridgehead atoms. The largest absolute Gasteiger partial charge is 0.480 e. The lowest BCUT2D eigenvalue weighted by Gasteiger charge is -2.07. The third kappa shape index (κ3) is 5.93. The molecular weight excluding hydrogens is 168 g/mol. The molecule has 0 saturated carbocycles. The average Bonchev–Trinajstić information content (AvgIpc) is 2.59. The Labute approximate surface area is 77.8 Å². The number of carboxylic acid groups (broad SMARTS) is 1. The van der Waals surface area contributed by atoms with Gasteiger partial charge in [0.05, 0.1) is 0 Å². The van der Waals surface area contributed by atoms with Crippen LogP contribution < -0.4 is 5.73 Å². The molecule has 4 nitrogen and oxygen atoms in total. The number of aromatic amines is 1. The van der Waals surface area contributed by atoms with E-state index in [2.05, 4.69) is 4.98 Å². The highest BCUT2D eigenvalue weighted by Crippen LogP contribution is 1.96. The number of carbonyl (C=O) groups is 1. The first-order chi connectivity index (χ1) is 6.05. The molecule has 1 unspecified atom stereocenters. The topological polar surface area (TPSA) is 79.1 Å². The van der Waals surface area contributed by atoms with Gasteiger partial charge in [0.2, 0.25) is 0 Å². The van der Waals surface area contributed by atoms with Gasteiger partial charge in [0.1, 0.15) is 6.04 Å². The molecule has 0 aliphatic carbocycles. The Balaban J connectivity index is 0.000000243. The zero-order chi connectivity index (χ0) is 10.3. The van der Waals surface area contributed by atoms with Crippen molar-refractivity contribution in [2.24, 2.45) is 11.7 Å². The van der Waals surface area contributed by atoms with Gasteiger partial charge in [-0.25, -0.2) is 0 Å². The van der Waals surface area contributed by atoms with E-state index in [4.69, 9.17) is 10.8 Å². The molecule has 0 fully saturated rings. The van der Waals surface area contributed by atoms with Crippen molar-refractivity contribution in [3.8, 4) is 0 Å². The van der Waals surface area contributed by atoms with E-state index in [9.17, 15) is 4.79 Å². The summed E-state index contributed by atoms with van der Waals surface area (Å²) in [4.78, 5) is 12.9. The van der Waals surface area contributed by atoms with E-state index < -0.39 is 12.0 Å². The smallest absolute Gasteiger partial charge is 0.320 e. The SMILES string of the molecule is CC(C)C(N)C(=O)O.c1cc[nH]c1. The van der Waals surface area contributed by atoms with Crippen LogP contribution in [0.4, 0.5) is 0 Å². The van der Waals surface area contributed by atoms with Crippen LogP contribution in [0.2, 0.25) is 0 Å². The fourth-order valence-electron chi connectivity index (χ4n) is 0.563. The predicted molar refractivity (Wildman–Crippen MR) is 51.2 cm³/mol. The number of nitrogens with two attached hydrogens (primary N) is 1. The van der Waals surface area contributed by atoms with Gasteiger partial charge in [-0.3, -0.25) is 4.79 Å². The van der Waals surface area contributed by atoms with Gasteiger partial charge in [-0.15, -0.1) is 0 Å². The molecule has 0 aromatic carbocycles. The maximum Gasteiger partial charge on any atom is 0.320 e. The minimum atomic E-state index is -0.931. The molecule has 0 aliphatic heterocycles. The zero-order valence-corrected chi connectivity index (χ0v) is 7.90. The summed E-state index contributed by atoms with van der Waals surface area (Å²) >= 11 is 0. The third-order valence-electron chi connectivity index (χ3n) is 1.50. The molecule has 1 aromatic heterocycles. The van der Waals surface area contributed by atoms with Crippen LogP contribution >= 0.6 is 0 Å². The van der Waals surface area contributed by atoms with Crippen molar-refractivity contribution in [2.75, 3.05) is 0 Å². The second-order valence-electron chi connectivity index (χ2n) is 2.99. The Kier molecular flexibility index (Phi) is 5.63. The van der Waals surface area contributed by atoms with E-state index >= 15 is 0 Å². The molecule has 1 heterocycles. The molecule has 0 aliphatic rings. The van der Waals surface area contributed by atoms with Gasteiger partial charge in [-0.1, -0.05) is 13.8 Å². The van der Waals surface area contributed by atoms with Gasteiger partial charge in [0.15, 0.2) is 0 Å².